The number of rotatable bonds is 5. The van der Waals surface area contributed by atoms with Gasteiger partial charge < -0.3 is 15.6 Å². The Kier molecular flexibility index (Phi) is 4.42. The van der Waals surface area contributed by atoms with E-state index in [-0.39, 0.29) is 12.7 Å². The zero-order chi connectivity index (χ0) is 13.7. The lowest BCUT2D eigenvalue weighted by atomic mass is 10.1. The smallest absolute Gasteiger partial charge is 0.123 e. The van der Waals surface area contributed by atoms with Gasteiger partial charge in [-0.25, -0.2) is 0 Å². The van der Waals surface area contributed by atoms with Crippen LogP contribution in [-0.4, -0.2) is 11.7 Å². The summed E-state index contributed by atoms with van der Waals surface area (Å²) in [6.45, 7) is 2.12. The second kappa shape index (κ2) is 6.25. The molecule has 19 heavy (non-hydrogen) atoms. The van der Waals surface area contributed by atoms with Gasteiger partial charge in [0.2, 0.25) is 0 Å². The first kappa shape index (κ1) is 13.4. The maximum absolute atomic E-state index is 9.06. The Morgan fingerprint density at radius 2 is 1.79 bits per heavy atom. The number of anilines is 1. The second-order valence-corrected chi connectivity index (χ2v) is 4.51. The van der Waals surface area contributed by atoms with Crippen molar-refractivity contribution in [1.29, 1.82) is 0 Å². The number of aliphatic hydroxyl groups excluding tert-OH is 1. The zero-order valence-electron chi connectivity index (χ0n) is 11.0. The number of hydrogen-bond acceptors (Lipinski definition) is 3. The van der Waals surface area contributed by atoms with Crippen LogP contribution in [-0.2, 0) is 6.42 Å². The van der Waals surface area contributed by atoms with Crippen LogP contribution in [0, 0.1) is 0 Å². The molecule has 1 atom stereocenters. The number of nitrogens with two attached hydrogens (primary N) is 1. The molecule has 0 aliphatic carbocycles. The largest absolute Gasteiger partial charge is 0.486 e. The number of aliphatic hydroxyl groups is 1. The van der Waals surface area contributed by atoms with Gasteiger partial charge in [-0.3, -0.25) is 0 Å². The van der Waals surface area contributed by atoms with Crippen LogP contribution in [0.2, 0.25) is 0 Å². The first-order valence-corrected chi connectivity index (χ1v) is 6.41. The highest BCUT2D eigenvalue weighted by molar-refractivity contribution is 5.40. The van der Waals surface area contributed by atoms with Crippen LogP contribution in [0.15, 0.2) is 48.5 Å². The average Bonchev–Trinajstić information content (AvgIpc) is 2.42. The third-order valence-corrected chi connectivity index (χ3v) is 3.06. The summed E-state index contributed by atoms with van der Waals surface area (Å²) in [7, 11) is 0. The molecule has 0 radical (unpaired) electrons. The predicted molar refractivity (Wildman–Crippen MR) is 77.1 cm³/mol. The van der Waals surface area contributed by atoms with E-state index in [1.165, 1.54) is 0 Å². The second-order valence-electron chi connectivity index (χ2n) is 4.51. The first-order valence-electron chi connectivity index (χ1n) is 6.41. The average molecular weight is 257 g/mol. The highest BCUT2D eigenvalue weighted by atomic mass is 16.5. The molecule has 0 amide bonds. The van der Waals surface area contributed by atoms with E-state index in [4.69, 9.17) is 15.6 Å². The van der Waals surface area contributed by atoms with Crippen LogP contribution in [0.5, 0.6) is 5.75 Å². The van der Waals surface area contributed by atoms with Gasteiger partial charge in [0.15, 0.2) is 0 Å². The van der Waals surface area contributed by atoms with E-state index in [9.17, 15) is 0 Å². The summed E-state index contributed by atoms with van der Waals surface area (Å²) in [4.78, 5) is 0. The van der Waals surface area contributed by atoms with Crippen molar-refractivity contribution < 1.29 is 9.84 Å². The number of hydrogen-bond donors (Lipinski definition) is 2. The Balaban J connectivity index is 2.14. The molecule has 2 rings (SSSR count). The van der Waals surface area contributed by atoms with Crippen molar-refractivity contribution in [2.75, 3.05) is 12.3 Å². The molecule has 2 aromatic rings. The molecule has 1 unspecified atom stereocenters. The van der Waals surface area contributed by atoms with Crippen molar-refractivity contribution in [1.82, 2.24) is 0 Å². The lowest BCUT2D eigenvalue weighted by Gasteiger charge is -2.17. The Bertz CT molecular complexity index is 523. The van der Waals surface area contributed by atoms with E-state index in [0.29, 0.717) is 6.42 Å². The molecule has 3 N–H and O–H groups in total. The Labute approximate surface area is 113 Å². The standard InChI is InChI=1S/C16H19NO2/c1-12(13-6-8-15(17)9-7-13)19-16-5-3-2-4-14(16)10-11-18/h2-9,12,18H,10-11,17H2,1H3. The van der Waals surface area contributed by atoms with Crippen molar-refractivity contribution >= 4 is 5.69 Å². The summed E-state index contributed by atoms with van der Waals surface area (Å²) in [5, 5.41) is 9.06. The quantitative estimate of drug-likeness (QED) is 0.810. The fourth-order valence-corrected chi connectivity index (χ4v) is 1.97. The maximum atomic E-state index is 9.06. The van der Waals surface area contributed by atoms with E-state index in [2.05, 4.69) is 0 Å². The molecule has 100 valence electrons. The van der Waals surface area contributed by atoms with E-state index < -0.39 is 0 Å². The van der Waals surface area contributed by atoms with Crippen molar-refractivity contribution in [2.45, 2.75) is 19.4 Å². The van der Waals surface area contributed by atoms with Crippen molar-refractivity contribution in [3.05, 3.63) is 59.7 Å². The highest BCUT2D eigenvalue weighted by Crippen LogP contribution is 2.25. The molecule has 0 aliphatic heterocycles. The Morgan fingerprint density at radius 1 is 1.11 bits per heavy atom. The SMILES string of the molecule is CC(Oc1ccccc1CCO)c1ccc(N)cc1. The number of benzene rings is 2. The van der Waals surface area contributed by atoms with Gasteiger partial charge in [-0.05, 0) is 42.7 Å². The van der Waals surface area contributed by atoms with Crippen molar-refractivity contribution in [3.63, 3.8) is 0 Å². The normalized spacial score (nSPS) is 12.1. The zero-order valence-corrected chi connectivity index (χ0v) is 11.0. The highest BCUT2D eigenvalue weighted by Gasteiger charge is 2.09. The fourth-order valence-electron chi connectivity index (χ4n) is 1.97. The van der Waals surface area contributed by atoms with Gasteiger partial charge in [-0.15, -0.1) is 0 Å². The fraction of sp³-hybridized carbons (Fsp3) is 0.250. The molecule has 2 aromatic carbocycles. The molecule has 3 heteroatoms. The molecule has 0 fully saturated rings. The lowest BCUT2D eigenvalue weighted by molar-refractivity contribution is 0.222. The molecule has 0 saturated heterocycles. The van der Waals surface area contributed by atoms with Crippen LogP contribution in [0.4, 0.5) is 5.69 Å². The molecule has 0 spiro atoms. The number of ether oxygens (including phenoxy) is 1. The number of para-hydroxylation sites is 1. The maximum Gasteiger partial charge on any atom is 0.123 e. The molecule has 0 aromatic heterocycles. The van der Waals surface area contributed by atoms with Crippen molar-refractivity contribution in [2.24, 2.45) is 0 Å². The molecular formula is C16H19NO2. The molecule has 0 aliphatic rings. The van der Waals surface area contributed by atoms with Crippen LogP contribution < -0.4 is 10.5 Å². The van der Waals surface area contributed by atoms with Gasteiger partial charge in [-0.2, -0.15) is 0 Å². The minimum absolute atomic E-state index is 0.0551. The molecular weight excluding hydrogens is 238 g/mol. The van der Waals surface area contributed by atoms with E-state index in [1.807, 2.05) is 55.5 Å². The molecule has 0 heterocycles. The molecule has 3 nitrogen and oxygen atoms in total. The Hall–Kier alpha value is -2.00. The minimum Gasteiger partial charge on any atom is -0.486 e. The summed E-state index contributed by atoms with van der Waals surface area (Å²) < 4.78 is 5.97. The third kappa shape index (κ3) is 3.48. The van der Waals surface area contributed by atoms with Crippen LogP contribution in [0.1, 0.15) is 24.2 Å². The summed E-state index contributed by atoms with van der Waals surface area (Å²) >= 11 is 0. The van der Waals surface area contributed by atoms with Gasteiger partial charge >= 0.3 is 0 Å². The lowest BCUT2D eigenvalue weighted by Crippen LogP contribution is -2.05. The number of nitrogen functional groups attached to an aromatic ring is 1. The Morgan fingerprint density at radius 3 is 2.47 bits per heavy atom. The van der Waals surface area contributed by atoms with Gasteiger partial charge in [-0.1, -0.05) is 30.3 Å². The first-order chi connectivity index (χ1) is 9.20. The molecule has 0 bridgehead atoms. The van der Waals surface area contributed by atoms with Crippen molar-refractivity contribution in [3.8, 4) is 5.75 Å². The summed E-state index contributed by atoms with van der Waals surface area (Å²) in [6.07, 6.45) is 0.547. The monoisotopic (exact) mass is 257 g/mol. The summed E-state index contributed by atoms with van der Waals surface area (Å²) in [6, 6.07) is 15.5. The van der Waals surface area contributed by atoms with Gasteiger partial charge in [0, 0.05) is 12.3 Å². The van der Waals surface area contributed by atoms with E-state index in [1.54, 1.807) is 0 Å². The predicted octanol–water partition coefficient (Wildman–Crippen LogP) is 2.94. The van der Waals surface area contributed by atoms with Gasteiger partial charge in [0.25, 0.3) is 0 Å². The summed E-state index contributed by atoms with van der Waals surface area (Å²) in [5.74, 6) is 0.820. The third-order valence-electron chi connectivity index (χ3n) is 3.06. The molecule has 0 saturated carbocycles. The van der Waals surface area contributed by atoms with Crippen LogP contribution >= 0.6 is 0 Å². The van der Waals surface area contributed by atoms with Crippen LogP contribution in [0.25, 0.3) is 0 Å². The van der Waals surface area contributed by atoms with E-state index in [0.717, 1.165) is 22.6 Å². The topological polar surface area (TPSA) is 55.5 Å². The van der Waals surface area contributed by atoms with Gasteiger partial charge in [0.1, 0.15) is 11.9 Å². The van der Waals surface area contributed by atoms with Crippen LogP contribution in [0.3, 0.4) is 0 Å². The summed E-state index contributed by atoms with van der Waals surface area (Å²) in [5.41, 5.74) is 8.52. The van der Waals surface area contributed by atoms with Gasteiger partial charge in [0.05, 0.1) is 0 Å². The van der Waals surface area contributed by atoms with E-state index >= 15 is 0 Å². The minimum atomic E-state index is -0.0551.